The van der Waals surface area contributed by atoms with Crippen LogP contribution in [-0.4, -0.2) is 15.0 Å². The van der Waals surface area contributed by atoms with E-state index in [1.807, 2.05) is 30.3 Å². The highest BCUT2D eigenvalue weighted by Gasteiger charge is 2.20. The largest absolute Gasteiger partial charge is 0.208 e. The van der Waals surface area contributed by atoms with Gasteiger partial charge in [0.25, 0.3) is 0 Å². The van der Waals surface area contributed by atoms with E-state index in [-0.39, 0.29) is 0 Å². The highest BCUT2D eigenvalue weighted by Crippen LogP contribution is 2.47. The van der Waals surface area contributed by atoms with Gasteiger partial charge in [0.2, 0.25) is 0 Å². The molecule has 0 bridgehead atoms. The first-order valence-corrected chi connectivity index (χ1v) is 19.7. The number of benzene rings is 10. The van der Waals surface area contributed by atoms with Crippen molar-refractivity contribution >= 4 is 43.1 Å². The fourth-order valence-corrected chi connectivity index (χ4v) is 8.58. The van der Waals surface area contributed by atoms with Crippen molar-refractivity contribution in [2.75, 3.05) is 0 Å². The summed E-state index contributed by atoms with van der Waals surface area (Å²) in [6.07, 6.45) is 0. The second-order valence-electron chi connectivity index (χ2n) is 14.7. The predicted molar refractivity (Wildman–Crippen MR) is 242 cm³/mol. The smallest absolute Gasteiger partial charge is 0.164 e. The van der Waals surface area contributed by atoms with Crippen molar-refractivity contribution in [3.8, 4) is 67.5 Å². The van der Waals surface area contributed by atoms with Crippen molar-refractivity contribution in [2.45, 2.75) is 0 Å². The molecule has 0 saturated heterocycles. The summed E-state index contributed by atoms with van der Waals surface area (Å²) in [5.41, 5.74) is 9.84. The Morgan fingerprint density at radius 3 is 1.45 bits per heavy atom. The molecule has 0 spiro atoms. The van der Waals surface area contributed by atoms with Gasteiger partial charge in [-0.05, 0) is 82.5 Å². The van der Waals surface area contributed by atoms with Gasteiger partial charge in [0, 0.05) is 16.7 Å². The van der Waals surface area contributed by atoms with Crippen molar-refractivity contribution < 1.29 is 0 Å². The third kappa shape index (κ3) is 5.80. The molecule has 0 amide bonds. The van der Waals surface area contributed by atoms with E-state index >= 15 is 0 Å². The Morgan fingerprint density at radius 2 is 0.724 bits per heavy atom. The third-order valence-corrected chi connectivity index (χ3v) is 11.3. The molecule has 1 aromatic heterocycles. The van der Waals surface area contributed by atoms with E-state index < -0.39 is 0 Å². The van der Waals surface area contributed by atoms with Crippen molar-refractivity contribution in [3.63, 3.8) is 0 Å². The third-order valence-electron chi connectivity index (χ3n) is 11.3. The van der Waals surface area contributed by atoms with Gasteiger partial charge in [-0.3, -0.25) is 0 Å². The van der Waals surface area contributed by atoms with Crippen molar-refractivity contribution in [3.05, 3.63) is 212 Å². The molecule has 0 N–H and O–H groups in total. The molecule has 58 heavy (non-hydrogen) atoms. The van der Waals surface area contributed by atoms with Gasteiger partial charge in [0.05, 0.1) is 0 Å². The summed E-state index contributed by atoms with van der Waals surface area (Å²) in [5.74, 6) is 1.91. The summed E-state index contributed by atoms with van der Waals surface area (Å²) in [6.45, 7) is 0. The highest BCUT2D eigenvalue weighted by atomic mass is 15.0. The second-order valence-corrected chi connectivity index (χ2v) is 14.7. The predicted octanol–water partition coefficient (Wildman–Crippen LogP) is 14.5. The van der Waals surface area contributed by atoms with Crippen LogP contribution in [0.15, 0.2) is 212 Å². The normalized spacial score (nSPS) is 11.4. The zero-order valence-electron chi connectivity index (χ0n) is 31.5. The molecule has 10 aromatic carbocycles. The van der Waals surface area contributed by atoms with Gasteiger partial charge in [-0.25, -0.2) is 15.0 Å². The van der Waals surface area contributed by atoms with Crippen LogP contribution >= 0.6 is 0 Å². The van der Waals surface area contributed by atoms with E-state index in [4.69, 9.17) is 15.0 Å². The number of rotatable bonds is 6. The van der Waals surface area contributed by atoms with E-state index in [2.05, 4.69) is 182 Å². The fourth-order valence-electron chi connectivity index (χ4n) is 8.58. The molecule has 3 nitrogen and oxygen atoms in total. The molecule has 3 heteroatoms. The van der Waals surface area contributed by atoms with Gasteiger partial charge in [-0.2, -0.15) is 0 Å². The van der Waals surface area contributed by atoms with Crippen LogP contribution < -0.4 is 0 Å². The molecule has 0 radical (unpaired) electrons. The minimum absolute atomic E-state index is 0.630. The molecular formula is C55H35N3. The van der Waals surface area contributed by atoms with Crippen LogP contribution in [0.1, 0.15) is 0 Å². The van der Waals surface area contributed by atoms with Crippen molar-refractivity contribution in [2.24, 2.45) is 0 Å². The van der Waals surface area contributed by atoms with Crippen LogP contribution in [0, 0.1) is 0 Å². The number of fused-ring (bicyclic) bond motifs is 5. The molecule has 0 aliphatic rings. The van der Waals surface area contributed by atoms with Gasteiger partial charge in [-0.15, -0.1) is 0 Å². The lowest BCUT2D eigenvalue weighted by molar-refractivity contribution is 1.07. The van der Waals surface area contributed by atoms with E-state index in [1.54, 1.807) is 0 Å². The molecule has 0 aliphatic heterocycles. The number of hydrogen-bond acceptors (Lipinski definition) is 3. The zero-order chi connectivity index (χ0) is 38.4. The van der Waals surface area contributed by atoms with Crippen LogP contribution in [0.5, 0.6) is 0 Å². The van der Waals surface area contributed by atoms with Crippen LogP contribution in [0.25, 0.3) is 111 Å². The molecule has 0 atom stereocenters. The van der Waals surface area contributed by atoms with Crippen LogP contribution in [0.4, 0.5) is 0 Å². The van der Waals surface area contributed by atoms with E-state index in [9.17, 15) is 0 Å². The summed E-state index contributed by atoms with van der Waals surface area (Å²) in [6, 6.07) is 75.4. The average Bonchev–Trinajstić information content (AvgIpc) is 3.31. The van der Waals surface area contributed by atoms with E-state index in [1.165, 1.54) is 59.8 Å². The lowest BCUT2D eigenvalue weighted by Gasteiger charge is -2.20. The highest BCUT2D eigenvalue weighted by molar-refractivity contribution is 6.28. The van der Waals surface area contributed by atoms with Gasteiger partial charge in [0.15, 0.2) is 17.5 Å². The molecule has 0 fully saturated rings. The molecule has 1 heterocycles. The maximum Gasteiger partial charge on any atom is 0.164 e. The van der Waals surface area contributed by atoms with Gasteiger partial charge in [0.1, 0.15) is 0 Å². The van der Waals surface area contributed by atoms with Crippen molar-refractivity contribution in [1.82, 2.24) is 15.0 Å². The topological polar surface area (TPSA) is 38.7 Å². The molecular weight excluding hydrogens is 703 g/mol. The summed E-state index contributed by atoms with van der Waals surface area (Å²) >= 11 is 0. The summed E-state index contributed by atoms with van der Waals surface area (Å²) < 4.78 is 0. The quantitative estimate of drug-likeness (QED) is 0.126. The van der Waals surface area contributed by atoms with Gasteiger partial charge < -0.3 is 0 Å². The number of hydrogen-bond donors (Lipinski definition) is 0. The molecule has 0 aliphatic carbocycles. The zero-order valence-corrected chi connectivity index (χ0v) is 31.5. The Hall–Kier alpha value is -7.75. The van der Waals surface area contributed by atoms with E-state index in [0.717, 1.165) is 33.4 Å². The van der Waals surface area contributed by atoms with Gasteiger partial charge >= 0.3 is 0 Å². The molecule has 0 unspecified atom stereocenters. The minimum Gasteiger partial charge on any atom is -0.208 e. The number of nitrogens with zero attached hydrogens (tertiary/aromatic N) is 3. The Kier molecular flexibility index (Phi) is 8.15. The second kappa shape index (κ2) is 14.1. The first-order chi connectivity index (χ1) is 28.8. The Morgan fingerprint density at radius 1 is 0.241 bits per heavy atom. The van der Waals surface area contributed by atoms with Crippen LogP contribution in [0.2, 0.25) is 0 Å². The summed E-state index contributed by atoms with van der Waals surface area (Å²) in [5, 5.41) is 9.87. The standard InChI is InChI=1S/C55H35N3/c1-3-16-37(17-4-1)44-22-11-14-26-48(44)55-57-53(40-19-5-2-6-20-40)56-54(58-55)41-30-28-39(29-31-41)50-46-24-12-13-25-47(46)51(43-32-27-36-15-7-8-21-42(36)35-43)52-45-23-10-9-18-38(45)33-34-49(50)52/h1-35H. The lowest BCUT2D eigenvalue weighted by atomic mass is 9.83. The van der Waals surface area contributed by atoms with E-state index in [0.29, 0.717) is 17.5 Å². The Balaban J connectivity index is 1.11. The summed E-state index contributed by atoms with van der Waals surface area (Å²) in [4.78, 5) is 15.3. The molecule has 270 valence electrons. The van der Waals surface area contributed by atoms with Crippen LogP contribution in [-0.2, 0) is 0 Å². The average molecular weight is 738 g/mol. The molecule has 11 aromatic rings. The SMILES string of the molecule is c1ccc(-c2nc(-c3ccc(-c4c5ccccc5c(-c5ccc6ccccc6c5)c5c4ccc4ccccc45)cc3)nc(-c3ccccc3-c3ccccc3)n2)cc1. The Labute approximate surface area is 336 Å². The Bertz CT molecular complexity index is 3320. The fraction of sp³-hybridized carbons (Fsp3) is 0. The maximum atomic E-state index is 5.17. The van der Waals surface area contributed by atoms with Crippen molar-refractivity contribution in [1.29, 1.82) is 0 Å². The van der Waals surface area contributed by atoms with Gasteiger partial charge in [-0.1, -0.05) is 206 Å². The first kappa shape index (κ1) is 33.6. The molecule has 0 saturated carbocycles. The molecule has 11 rings (SSSR count). The minimum atomic E-state index is 0.630. The van der Waals surface area contributed by atoms with Crippen LogP contribution in [0.3, 0.4) is 0 Å². The number of aromatic nitrogens is 3. The lowest BCUT2D eigenvalue weighted by Crippen LogP contribution is -2.01. The summed E-state index contributed by atoms with van der Waals surface area (Å²) in [7, 11) is 0. The monoisotopic (exact) mass is 737 g/mol. The maximum absolute atomic E-state index is 5.17. The first-order valence-electron chi connectivity index (χ1n) is 19.7.